The number of hydrogen-bond donors (Lipinski definition) is 1. The van der Waals surface area contributed by atoms with Crippen molar-refractivity contribution < 1.29 is 4.79 Å². The fourth-order valence-corrected chi connectivity index (χ4v) is 2.66. The number of benzene rings is 2. The highest BCUT2D eigenvalue weighted by molar-refractivity contribution is 5.91. The summed E-state index contributed by atoms with van der Waals surface area (Å²) in [6.07, 6.45) is 3.44. The largest absolute Gasteiger partial charge is 0.348 e. The van der Waals surface area contributed by atoms with Gasteiger partial charge in [0.25, 0.3) is 0 Å². The summed E-state index contributed by atoms with van der Waals surface area (Å²) >= 11 is 0. The minimum absolute atomic E-state index is 0.0711. The Kier molecular flexibility index (Phi) is 7.42. The van der Waals surface area contributed by atoms with E-state index in [9.17, 15) is 4.79 Å². The van der Waals surface area contributed by atoms with Crippen LogP contribution in [0.1, 0.15) is 36.1 Å². The monoisotopic (exact) mass is 336 g/mol. The molecule has 0 saturated carbocycles. The van der Waals surface area contributed by atoms with Gasteiger partial charge in [0.1, 0.15) is 0 Å². The van der Waals surface area contributed by atoms with Crippen molar-refractivity contribution >= 4 is 12.0 Å². The summed E-state index contributed by atoms with van der Waals surface area (Å²) in [5.74, 6) is -0.0711. The summed E-state index contributed by atoms with van der Waals surface area (Å²) in [6.45, 7) is 9.91. The van der Waals surface area contributed by atoms with E-state index >= 15 is 0 Å². The number of hydrogen-bond acceptors (Lipinski definition) is 2. The van der Waals surface area contributed by atoms with Gasteiger partial charge in [0.05, 0.1) is 0 Å². The van der Waals surface area contributed by atoms with Gasteiger partial charge in [0.15, 0.2) is 0 Å². The first-order valence-electron chi connectivity index (χ1n) is 8.94. The van der Waals surface area contributed by atoms with Gasteiger partial charge in [-0.15, -0.1) is 0 Å². The first-order valence-corrected chi connectivity index (χ1v) is 8.94. The topological polar surface area (TPSA) is 32.3 Å². The van der Waals surface area contributed by atoms with Gasteiger partial charge in [-0.05, 0) is 42.8 Å². The zero-order valence-corrected chi connectivity index (χ0v) is 15.5. The number of rotatable bonds is 8. The molecule has 0 fully saturated rings. The van der Waals surface area contributed by atoms with Gasteiger partial charge in [0.2, 0.25) is 5.91 Å². The van der Waals surface area contributed by atoms with Gasteiger partial charge < -0.3 is 5.32 Å². The molecule has 0 aliphatic carbocycles. The third kappa shape index (κ3) is 6.20. The predicted octanol–water partition coefficient (Wildman–Crippen LogP) is 4.17. The van der Waals surface area contributed by atoms with Crippen LogP contribution in [0, 0.1) is 6.92 Å². The van der Waals surface area contributed by atoms with E-state index in [-0.39, 0.29) is 5.91 Å². The number of amides is 1. The van der Waals surface area contributed by atoms with Gasteiger partial charge in [-0.1, -0.05) is 67.9 Å². The maximum atomic E-state index is 12.1. The highest BCUT2D eigenvalue weighted by Gasteiger charge is 2.06. The summed E-state index contributed by atoms with van der Waals surface area (Å²) in [6, 6.07) is 16.4. The lowest BCUT2D eigenvalue weighted by Crippen LogP contribution is -2.25. The van der Waals surface area contributed by atoms with Crippen LogP contribution >= 0.6 is 0 Å². The Labute approximate surface area is 151 Å². The summed E-state index contributed by atoms with van der Waals surface area (Å²) < 4.78 is 0. The Morgan fingerprint density at radius 2 is 1.64 bits per heavy atom. The maximum absolute atomic E-state index is 12.1. The molecule has 0 bridgehead atoms. The van der Waals surface area contributed by atoms with Crippen LogP contribution in [-0.4, -0.2) is 23.9 Å². The SMILES string of the molecule is CCN(CC)Cc1ccccc1CNC(=O)/C=C/c1ccc(C)cc1. The number of carbonyl (C=O) groups excluding carboxylic acids is 1. The Balaban J connectivity index is 1.94. The molecule has 1 N–H and O–H groups in total. The van der Waals surface area contributed by atoms with E-state index < -0.39 is 0 Å². The number of nitrogens with one attached hydrogen (secondary N) is 1. The summed E-state index contributed by atoms with van der Waals surface area (Å²) in [7, 11) is 0. The molecule has 0 unspecified atom stereocenters. The highest BCUT2D eigenvalue weighted by Crippen LogP contribution is 2.12. The third-order valence-electron chi connectivity index (χ3n) is 4.36. The molecular formula is C22H28N2O. The second-order valence-corrected chi connectivity index (χ2v) is 6.19. The molecule has 1 amide bonds. The lowest BCUT2D eigenvalue weighted by atomic mass is 10.1. The van der Waals surface area contributed by atoms with Crippen molar-refractivity contribution in [2.45, 2.75) is 33.9 Å². The van der Waals surface area contributed by atoms with Crippen LogP contribution < -0.4 is 5.32 Å². The standard InChI is InChI=1S/C22H28N2O/c1-4-24(5-2)17-21-9-7-6-8-20(21)16-23-22(25)15-14-19-12-10-18(3)11-13-19/h6-15H,4-5,16-17H2,1-3H3,(H,23,25)/b15-14+. The van der Waals surface area contributed by atoms with Crippen LogP contribution in [0.2, 0.25) is 0 Å². The van der Waals surface area contributed by atoms with E-state index in [4.69, 9.17) is 0 Å². The normalized spacial score (nSPS) is 11.2. The van der Waals surface area contributed by atoms with E-state index in [1.54, 1.807) is 6.08 Å². The van der Waals surface area contributed by atoms with Crippen LogP contribution in [0.15, 0.2) is 54.6 Å². The van der Waals surface area contributed by atoms with Gasteiger partial charge in [-0.2, -0.15) is 0 Å². The number of aryl methyl sites for hydroxylation is 1. The minimum Gasteiger partial charge on any atom is -0.348 e. The second kappa shape index (κ2) is 9.80. The van der Waals surface area contributed by atoms with Gasteiger partial charge in [-0.25, -0.2) is 0 Å². The van der Waals surface area contributed by atoms with Crippen molar-refractivity contribution in [1.29, 1.82) is 0 Å². The van der Waals surface area contributed by atoms with Crippen molar-refractivity contribution in [3.05, 3.63) is 76.9 Å². The molecule has 2 aromatic carbocycles. The highest BCUT2D eigenvalue weighted by atomic mass is 16.1. The van der Waals surface area contributed by atoms with Crippen LogP contribution in [0.5, 0.6) is 0 Å². The lowest BCUT2D eigenvalue weighted by molar-refractivity contribution is -0.116. The smallest absolute Gasteiger partial charge is 0.244 e. The number of carbonyl (C=O) groups is 1. The Morgan fingerprint density at radius 3 is 2.28 bits per heavy atom. The lowest BCUT2D eigenvalue weighted by Gasteiger charge is -2.20. The maximum Gasteiger partial charge on any atom is 0.244 e. The molecule has 2 rings (SSSR count). The Morgan fingerprint density at radius 1 is 1.00 bits per heavy atom. The zero-order chi connectivity index (χ0) is 18.1. The van der Waals surface area contributed by atoms with Crippen molar-refractivity contribution in [1.82, 2.24) is 10.2 Å². The zero-order valence-electron chi connectivity index (χ0n) is 15.5. The summed E-state index contributed by atoms with van der Waals surface area (Å²) in [4.78, 5) is 14.5. The minimum atomic E-state index is -0.0711. The first kappa shape index (κ1) is 18.9. The molecule has 0 heterocycles. The Bertz CT molecular complexity index is 700. The molecule has 0 spiro atoms. The van der Waals surface area contributed by atoms with E-state index in [1.165, 1.54) is 16.7 Å². The van der Waals surface area contributed by atoms with Gasteiger partial charge in [-0.3, -0.25) is 9.69 Å². The predicted molar refractivity (Wildman–Crippen MR) is 105 cm³/mol. The molecule has 25 heavy (non-hydrogen) atoms. The molecule has 0 aliphatic heterocycles. The molecule has 2 aromatic rings. The summed E-state index contributed by atoms with van der Waals surface area (Å²) in [5, 5.41) is 2.99. The van der Waals surface area contributed by atoms with Crippen molar-refractivity contribution in [3.63, 3.8) is 0 Å². The van der Waals surface area contributed by atoms with Crippen LogP contribution in [0.4, 0.5) is 0 Å². The quantitative estimate of drug-likeness (QED) is 0.734. The number of nitrogens with zero attached hydrogens (tertiary/aromatic N) is 1. The van der Waals surface area contributed by atoms with Gasteiger partial charge >= 0.3 is 0 Å². The molecule has 0 radical (unpaired) electrons. The Hall–Kier alpha value is -2.39. The fourth-order valence-electron chi connectivity index (χ4n) is 2.66. The second-order valence-electron chi connectivity index (χ2n) is 6.19. The molecule has 132 valence electrons. The third-order valence-corrected chi connectivity index (χ3v) is 4.36. The molecule has 0 atom stereocenters. The van der Waals surface area contributed by atoms with Crippen LogP contribution in [0.25, 0.3) is 6.08 Å². The van der Waals surface area contributed by atoms with Crippen LogP contribution in [0.3, 0.4) is 0 Å². The fraction of sp³-hybridized carbons (Fsp3) is 0.318. The molecule has 0 aromatic heterocycles. The van der Waals surface area contributed by atoms with E-state index in [1.807, 2.05) is 36.4 Å². The first-order chi connectivity index (χ1) is 12.1. The molecular weight excluding hydrogens is 308 g/mol. The van der Waals surface area contributed by atoms with Gasteiger partial charge in [0, 0.05) is 19.2 Å². The van der Waals surface area contributed by atoms with E-state index in [2.05, 4.69) is 49.2 Å². The van der Waals surface area contributed by atoms with E-state index in [0.29, 0.717) is 6.54 Å². The van der Waals surface area contributed by atoms with Crippen molar-refractivity contribution in [2.75, 3.05) is 13.1 Å². The average Bonchev–Trinajstić information content (AvgIpc) is 2.64. The van der Waals surface area contributed by atoms with E-state index in [0.717, 1.165) is 25.2 Å². The average molecular weight is 336 g/mol. The molecule has 0 saturated heterocycles. The van der Waals surface area contributed by atoms with Crippen molar-refractivity contribution in [3.8, 4) is 0 Å². The molecule has 3 nitrogen and oxygen atoms in total. The molecule has 3 heteroatoms. The van der Waals surface area contributed by atoms with Crippen LogP contribution in [-0.2, 0) is 17.9 Å². The summed E-state index contributed by atoms with van der Waals surface area (Å²) in [5.41, 5.74) is 4.69. The molecule has 0 aliphatic rings. The van der Waals surface area contributed by atoms with Crippen molar-refractivity contribution in [2.24, 2.45) is 0 Å².